The second-order valence-electron chi connectivity index (χ2n) is 8.71. The zero-order valence-electron chi connectivity index (χ0n) is 20.0. The molecule has 0 radical (unpaired) electrons. The van der Waals surface area contributed by atoms with E-state index in [9.17, 15) is 0 Å². The average molecular weight is 460 g/mol. The summed E-state index contributed by atoms with van der Waals surface area (Å²) in [6.07, 6.45) is 13.0. The minimum atomic E-state index is 0.733. The van der Waals surface area contributed by atoms with Gasteiger partial charge in [0.05, 0.1) is 12.0 Å². The monoisotopic (exact) mass is 459 g/mol. The summed E-state index contributed by atoms with van der Waals surface area (Å²) in [5.74, 6) is 0.733. The maximum absolute atomic E-state index is 4.88. The molecule has 0 aliphatic heterocycles. The average Bonchev–Trinajstić information content (AvgIpc) is 3.30. The molecule has 35 heavy (non-hydrogen) atoms. The predicted molar refractivity (Wildman–Crippen MR) is 142 cm³/mol. The number of benzene rings is 2. The first-order chi connectivity index (χ1) is 17.3. The van der Waals surface area contributed by atoms with Gasteiger partial charge in [0, 0.05) is 25.0 Å². The van der Waals surface area contributed by atoms with Crippen molar-refractivity contribution in [3.63, 3.8) is 0 Å². The van der Waals surface area contributed by atoms with E-state index in [4.69, 9.17) is 9.97 Å². The Kier molecular flexibility index (Phi) is 7.04. The zero-order valence-corrected chi connectivity index (χ0v) is 20.0. The Morgan fingerprint density at radius 1 is 0.800 bits per heavy atom. The first kappa shape index (κ1) is 22.7. The van der Waals surface area contributed by atoms with Crippen molar-refractivity contribution < 1.29 is 0 Å². The Balaban J connectivity index is 1.26. The van der Waals surface area contributed by atoms with Crippen molar-refractivity contribution >= 4 is 16.7 Å². The number of nitrogens with zero attached hydrogens (tertiary/aromatic N) is 5. The minimum absolute atomic E-state index is 0.733. The lowest BCUT2D eigenvalue weighted by molar-refractivity contribution is 0.681. The predicted octanol–water partition coefficient (Wildman–Crippen LogP) is 6.66. The first-order valence-corrected chi connectivity index (χ1v) is 12.2. The summed E-state index contributed by atoms with van der Waals surface area (Å²) in [4.78, 5) is 18.3. The molecule has 174 valence electrons. The van der Waals surface area contributed by atoms with Gasteiger partial charge < -0.3 is 4.57 Å². The topological polar surface area (TPSA) is 56.5 Å². The Bertz CT molecular complexity index is 1370. The third-order valence-electron chi connectivity index (χ3n) is 6.21. The fraction of sp³-hybridized carbons (Fsp3) is 0.200. The lowest BCUT2D eigenvalue weighted by Crippen LogP contribution is -2.00. The Hall–Kier alpha value is -4.12. The number of hydrogen-bond acceptors (Lipinski definition) is 4. The molecule has 0 N–H and O–H groups in total. The molecule has 5 aromatic rings. The van der Waals surface area contributed by atoms with Crippen LogP contribution in [0.4, 0.5) is 0 Å². The van der Waals surface area contributed by atoms with Crippen molar-refractivity contribution in [2.45, 2.75) is 32.1 Å². The molecule has 0 amide bonds. The molecule has 0 atom stereocenters. The van der Waals surface area contributed by atoms with Gasteiger partial charge in [-0.25, -0.2) is 15.0 Å². The molecule has 0 spiro atoms. The molecule has 0 saturated heterocycles. The summed E-state index contributed by atoms with van der Waals surface area (Å²) in [7, 11) is 1.98. The highest BCUT2D eigenvalue weighted by atomic mass is 15.1. The molecular formula is C30H29N5. The molecule has 0 bridgehead atoms. The number of hydrogen-bond donors (Lipinski definition) is 0. The number of aromatic nitrogens is 5. The Morgan fingerprint density at radius 3 is 2.17 bits per heavy atom. The van der Waals surface area contributed by atoms with Gasteiger partial charge in [0.15, 0.2) is 11.5 Å². The van der Waals surface area contributed by atoms with Crippen LogP contribution in [0, 0.1) is 0 Å². The van der Waals surface area contributed by atoms with Crippen molar-refractivity contribution in [2.75, 3.05) is 0 Å². The van der Waals surface area contributed by atoms with Crippen LogP contribution in [-0.2, 0) is 13.5 Å². The van der Waals surface area contributed by atoms with Gasteiger partial charge in [-0.05, 0) is 54.5 Å². The molecule has 0 aliphatic rings. The number of fused-ring (bicyclic) bond motifs is 1. The molecule has 5 nitrogen and oxygen atoms in total. The molecule has 0 unspecified atom stereocenters. The second kappa shape index (κ2) is 10.9. The van der Waals surface area contributed by atoms with Crippen molar-refractivity contribution in [3.8, 4) is 11.4 Å². The van der Waals surface area contributed by atoms with Crippen LogP contribution in [0.15, 0.2) is 97.6 Å². The number of aryl methyl sites for hydroxylation is 2. The lowest BCUT2D eigenvalue weighted by Gasteiger charge is -2.09. The summed E-state index contributed by atoms with van der Waals surface area (Å²) >= 11 is 0. The first-order valence-electron chi connectivity index (χ1n) is 12.2. The van der Waals surface area contributed by atoms with Gasteiger partial charge in [-0.3, -0.25) is 4.98 Å². The minimum Gasteiger partial charge on any atom is -0.318 e. The standard InChI is InChI=1S/C30H29N5/c1-35-22-32-28-27(33-29(34-30(28)35)25-18-20-31-21-19-25)17-11-3-2-10-16-26(23-12-6-4-7-13-23)24-14-8-5-9-15-24/h4-9,12-16,18-22H,2-3,10-11,17H2,1H3. The molecule has 5 rings (SSSR count). The van der Waals surface area contributed by atoms with Crippen LogP contribution in [0.5, 0.6) is 0 Å². The van der Waals surface area contributed by atoms with E-state index >= 15 is 0 Å². The largest absolute Gasteiger partial charge is 0.318 e. The van der Waals surface area contributed by atoms with Gasteiger partial charge >= 0.3 is 0 Å². The Labute approximate surface area is 206 Å². The smallest absolute Gasteiger partial charge is 0.163 e. The number of pyridine rings is 1. The van der Waals surface area contributed by atoms with Gasteiger partial charge in [0.25, 0.3) is 0 Å². The lowest BCUT2D eigenvalue weighted by atomic mass is 9.96. The molecule has 3 heterocycles. The van der Waals surface area contributed by atoms with E-state index in [0.717, 1.165) is 60.3 Å². The van der Waals surface area contributed by atoms with Crippen LogP contribution in [-0.4, -0.2) is 24.5 Å². The third-order valence-corrected chi connectivity index (χ3v) is 6.21. The third kappa shape index (κ3) is 5.35. The summed E-state index contributed by atoms with van der Waals surface area (Å²) in [6.45, 7) is 0. The summed E-state index contributed by atoms with van der Waals surface area (Å²) in [6, 6.07) is 25.2. The summed E-state index contributed by atoms with van der Waals surface area (Å²) < 4.78 is 1.96. The summed E-state index contributed by atoms with van der Waals surface area (Å²) in [5, 5.41) is 0. The van der Waals surface area contributed by atoms with E-state index in [1.807, 2.05) is 30.1 Å². The maximum atomic E-state index is 4.88. The van der Waals surface area contributed by atoms with Crippen LogP contribution in [0.25, 0.3) is 28.1 Å². The van der Waals surface area contributed by atoms with E-state index in [0.29, 0.717) is 0 Å². The molecule has 0 fully saturated rings. The molecule has 0 saturated carbocycles. The van der Waals surface area contributed by atoms with Gasteiger partial charge in [0.1, 0.15) is 5.52 Å². The Morgan fingerprint density at radius 2 is 1.49 bits per heavy atom. The number of imidazole rings is 1. The van der Waals surface area contributed by atoms with Gasteiger partial charge in [-0.2, -0.15) is 0 Å². The summed E-state index contributed by atoms with van der Waals surface area (Å²) in [5.41, 5.74) is 7.61. The second-order valence-corrected chi connectivity index (χ2v) is 8.71. The van der Waals surface area contributed by atoms with Crippen LogP contribution >= 0.6 is 0 Å². The maximum Gasteiger partial charge on any atom is 0.163 e. The highest BCUT2D eigenvalue weighted by Crippen LogP contribution is 2.25. The van der Waals surface area contributed by atoms with E-state index in [-0.39, 0.29) is 0 Å². The van der Waals surface area contributed by atoms with Crippen molar-refractivity contribution in [3.05, 3.63) is 114 Å². The number of unbranched alkanes of at least 4 members (excludes halogenated alkanes) is 3. The highest BCUT2D eigenvalue weighted by Gasteiger charge is 2.13. The van der Waals surface area contributed by atoms with Crippen molar-refractivity contribution in [1.82, 2.24) is 24.5 Å². The fourth-order valence-electron chi connectivity index (χ4n) is 4.37. The molecular weight excluding hydrogens is 430 g/mol. The molecule has 5 heteroatoms. The van der Waals surface area contributed by atoms with Crippen molar-refractivity contribution in [1.29, 1.82) is 0 Å². The molecule has 2 aromatic carbocycles. The quantitative estimate of drug-likeness (QED) is 0.231. The zero-order chi connectivity index (χ0) is 23.9. The molecule has 0 aliphatic carbocycles. The van der Waals surface area contributed by atoms with Crippen LogP contribution < -0.4 is 0 Å². The van der Waals surface area contributed by atoms with Crippen LogP contribution in [0.2, 0.25) is 0 Å². The van der Waals surface area contributed by atoms with Crippen molar-refractivity contribution in [2.24, 2.45) is 7.05 Å². The highest BCUT2D eigenvalue weighted by molar-refractivity contribution is 5.79. The van der Waals surface area contributed by atoms with E-state index < -0.39 is 0 Å². The van der Waals surface area contributed by atoms with Crippen LogP contribution in [0.1, 0.15) is 42.5 Å². The number of allylic oxidation sites excluding steroid dienone is 1. The van der Waals surface area contributed by atoms with E-state index in [1.165, 1.54) is 16.7 Å². The normalized spacial score (nSPS) is 11.0. The fourth-order valence-corrected chi connectivity index (χ4v) is 4.37. The van der Waals surface area contributed by atoms with Gasteiger partial charge in [-0.1, -0.05) is 73.2 Å². The SMILES string of the molecule is Cn1cnc2c(CCCCCC=C(c3ccccc3)c3ccccc3)nc(-c3ccncc3)nc21. The van der Waals surface area contributed by atoms with Gasteiger partial charge in [-0.15, -0.1) is 0 Å². The number of rotatable bonds is 9. The van der Waals surface area contributed by atoms with E-state index in [1.54, 1.807) is 12.4 Å². The molecule has 3 aromatic heterocycles. The van der Waals surface area contributed by atoms with E-state index in [2.05, 4.69) is 76.7 Å². The van der Waals surface area contributed by atoms with Crippen LogP contribution in [0.3, 0.4) is 0 Å². The van der Waals surface area contributed by atoms with Gasteiger partial charge in [0.2, 0.25) is 0 Å².